The third-order valence-electron chi connectivity index (χ3n) is 4.82. The summed E-state index contributed by atoms with van der Waals surface area (Å²) in [6.45, 7) is 4.33. The van der Waals surface area contributed by atoms with Crippen LogP contribution in [0.5, 0.6) is 5.75 Å². The van der Waals surface area contributed by atoms with Crippen LogP contribution in [0.15, 0.2) is 48.8 Å². The fraction of sp³-hybridized carbons (Fsp3) is 0.300. The van der Waals surface area contributed by atoms with Crippen LogP contribution in [0.1, 0.15) is 17.3 Å². The van der Waals surface area contributed by atoms with Gasteiger partial charge in [-0.05, 0) is 31.2 Å². The number of benzene rings is 1. The molecule has 2 aromatic heterocycles. The third-order valence-corrected chi connectivity index (χ3v) is 4.82. The smallest absolute Gasteiger partial charge is 0.254 e. The van der Waals surface area contributed by atoms with Crippen molar-refractivity contribution in [1.29, 1.82) is 0 Å². The van der Waals surface area contributed by atoms with Crippen LogP contribution in [0, 0.1) is 0 Å². The van der Waals surface area contributed by atoms with Crippen molar-refractivity contribution in [2.24, 2.45) is 0 Å². The maximum absolute atomic E-state index is 12.9. The first kappa shape index (κ1) is 16.4. The average molecular weight is 350 g/mol. The van der Waals surface area contributed by atoms with Crippen LogP contribution < -0.4 is 9.64 Å². The van der Waals surface area contributed by atoms with Crippen molar-refractivity contribution in [3.05, 3.63) is 54.4 Å². The third kappa shape index (κ3) is 2.87. The van der Waals surface area contributed by atoms with Crippen molar-refractivity contribution in [1.82, 2.24) is 14.9 Å². The van der Waals surface area contributed by atoms with Gasteiger partial charge < -0.3 is 19.5 Å². The number of nitrogens with one attached hydrogen (secondary N) is 1. The van der Waals surface area contributed by atoms with Crippen molar-refractivity contribution < 1.29 is 9.53 Å². The van der Waals surface area contributed by atoms with Crippen LogP contribution in [-0.2, 0) is 0 Å². The monoisotopic (exact) mass is 350 g/mol. The first-order valence-electron chi connectivity index (χ1n) is 8.85. The SMILES string of the molecule is CCN1CC(CN(C)C(=O)c2ccnc3[nH]ccc23)Oc2ccccc21. The molecule has 0 bridgehead atoms. The number of fused-ring (bicyclic) bond motifs is 2. The molecule has 1 unspecified atom stereocenters. The van der Waals surface area contributed by atoms with Crippen molar-refractivity contribution >= 4 is 22.6 Å². The molecular weight excluding hydrogens is 328 g/mol. The zero-order valence-corrected chi connectivity index (χ0v) is 15.0. The second kappa shape index (κ2) is 6.71. The summed E-state index contributed by atoms with van der Waals surface area (Å²) in [6, 6.07) is 11.7. The molecule has 1 aromatic carbocycles. The van der Waals surface area contributed by atoms with Gasteiger partial charge in [-0.25, -0.2) is 4.98 Å². The quantitative estimate of drug-likeness (QED) is 0.786. The van der Waals surface area contributed by atoms with E-state index in [0.29, 0.717) is 12.1 Å². The number of ether oxygens (including phenoxy) is 1. The molecule has 1 atom stereocenters. The summed E-state index contributed by atoms with van der Waals surface area (Å²) < 4.78 is 6.14. The van der Waals surface area contributed by atoms with E-state index in [1.807, 2.05) is 31.3 Å². The number of aromatic nitrogens is 2. The fourth-order valence-corrected chi connectivity index (χ4v) is 3.51. The highest BCUT2D eigenvalue weighted by Crippen LogP contribution is 2.33. The summed E-state index contributed by atoms with van der Waals surface area (Å²) in [5.74, 6) is 0.853. The number of carbonyl (C=O) groups is 1. The molecule has 26 heavy (non-hydrogen) atoms. The lowest BCUT2D eigenvalue weighted by Gasteiger charge is -2.37. The van der Waals surface area contributed by atoms with Crippen molar-refractivity contribution in [3.63, 3.8) is 0 Å². The zero-order chi connectivity index (χ0) is 18.1. The summed E-state index contributed by atoms with van der Waals surface area (Å²) in [7, 11) is 1.82. The van der Waals surface area contributed by atoms with Crippen molar-refractivity contribution in [2.45, 2.75) is 13.0 Å². The summed E-state index contributed by atoms with van der Waals surface area (Å²) in [5.41, 5.74) is 2.50. The van der Waals surface area contributed by atoms with E-state index in [-0.39, 0.29) is 12.0 Å². The number of amides is 1. The van der Waals surface area contributed by atoms with Crippen LogP contribution in [-0.4, -0.2) is 53.6 Å². The number of carbonyl (C=O) groups excluding carboxylic acids is 1. The summed E-state index contributed by atoms with van der Waals surface area (Å²) >= 11 is 0. The first-order chi connectivity index (χ1) is 12.7. The number of para-hydroxylation sites is 2. The largest absolute Gasteiger partial charge is 0.485 e. The molecule has 1 amide bonds. The highest BCUT2D eigenvalue weighted by atomic mass is 16.5. The van der Waals surface area contributed by atoms with E-state index < -0.39 is 0 Å². The molecule has 0 saturated heterocycles. The van der Waals surface area contributed by atoms with Crippen molar-refractivity contribution in [2.75, 3.05) is 31.6 Å². The maximum Gasteiger partial charge on any atom is 0.254 e. The number of aromatic amines is 1. The van der Waals surface area contributed by atoms with Gasteiger partial charge >= 0.3 is 0 Å². The fourth-order valence-electron chi connectivity index (χ4n) is 3.51. The predicted octanol–water partition coefficient (Wildman–Crippen LogP) is 2.92. The number of pyridine rings is 1. The molecule has 0 spiro atoms. The van der Waals surface area contributed by atoms with Crippen LogP contribution >= 0.6 is 0 Å². The number of hydrogen-bond acceptors (Lipinski definition) is 4. The Hall–Kier alpha value is -3.02. The molecule has 0 saturated carbocycles. The Morgan fingerprint density at radius 1 is 1.35 bits per heavy atom. The standard InChI is InChI=1S/C20H22N4O2/c1-3-24-13-14(26-18-7-5-4-6-17(18)24)12-23(2)20(25)16-9-11-22-19-15(16)8-10-21-19/h4-11,14H,3,12-13H2,1-2H3,(H,21,22). The highest BCUT2D eigenvalue weighted by Gasteiger charge is 2.27. The van der Waals surface area contributed by atoms with Crippen molar-refractivity contribution in [3.8, 4) is 5.75 Å². The Bertz CT molecular complexity index is 936. The molecule has 0 aliphatic carbocycles. The van der Waals surface area contributed by atoms with Crippen LogP contribution in [0.4, 0.5) is 5.69 Å². The minimum atomic E-state index is -0.0673. The molecule has 1 aliphatic heterocycles. The van der Waals surface area contributed by atoms with E-state index in [2.05, 4.69) is 27.9 Å². The molecular formula is C20H22N4O2. The van der Waals surface area contributed by atoms with Gasteiger partial charge in [-0.15, -0.1) is 0 Å². The molecule has 1 aliphatic rings. The van der Waals surface area contributed by atoms with Gasteiger partial charge in [0.05, 0.1) is 24.3 Å². The molecule has 0 radical (unpaired) electrons. The Kier molecular flexibility index (Phi) is 4.24. The second-order valence-corrected chi connectivity index (χ2v) is 6.53. The van der Waals surface area contributed by atoms with Gasteiger partial charge in [0.15, 0.2) is 0 Å². The molecule has 0 fully saturated rings. The molecule has 3 aromatic rings. The van der Waals surface area contributed by atoms with Crippen LogP contribution in [0.3, 0.4) is 0 Å². The van der Waals surface area contributed by atoms with Gasteiger partial charge in [0.1, 0.15) is 17.5 Å². The van der Waals surface area contributed by atoms with E-state index >= 15 is 0 Å². The number of likely N-dealkylation sites (N-methyl/N-ethyl adjacent to an activating group) is 2. The number of hydrogen-bond donors (Lipinski definition) is 1. The topological polar surface area (TPSA) is 61.5 Å². The van der Waals surface area contributed by atoms with E-state index in [1.54, 1.807) is 23.4 Å². The lowest BCUT2D eigenvalue weighted by Crippen LogP contribution is -2.46. The molecule has 1 N–H and O–H groups in total. The summed E-state index contributed by atoms with van der Waals surface area (Å²) in [5, 5.41) is 0.842. The van der Waals surface area contributed by atoms with Gasteiger partial charge in [-0.3, -0.25) is 4.79 Å². The zero-order valence-electron chi connectivity index (χ0n) is 15.0. The predicted molar refractivity (Wildman–Crippen MR) is 102 cm³/mol. The van der Waals surface area contributed by atoms with Crippen LogP contribution in [0.2, 0.25) is 0 Å². The molecule has 134 valence electrons. The van der Waals surface area contributed by atoms with Gasteiger partial charge in [-0.1, -0.05) is 12.1 Å². The summed E-state index contributed by atoms with van der Waals surface area (Å²) in [4.78, 5) is 24.3. The lowest BCUT2D eigenvalue weighted by atomic mass is 10.1. The Balaban J connectivity index is 1.52. The van der Waals surface area contributed by atoms with E-state index in [4.69, 9.17) is 4.74 Å². The number of rotatable bonds is 4. The molecule has 6 heteroatoms. The number of nitrogens with zero attached hydrogens (tertiary/aromatic N) is 3. The Labute approximate surface area is 152 Å². The minimum Gasteiger partial charge on any atom is -0.485 e. The normalized spacial score (nSPS) is 16.2. The molecule has 3 heterocycles. The average Bonchev–Trinajstić information content (AvgIpc) is 3.15. The van der Waals surface area contributed by atoms with Gasteiger partial charge in [0, 0.05) is 31.4 Å². The summed E-state index contributed by atoms with van der Waals surface area (Å²) in [6.07, 6.45) is 3.39. The van der Waals surface area contributed by atoms with E-state index in [9.17, 15) is 4.79 Å². The maximum atomic E-state index is 12.9. The van der Waals surface area contributed by atoms with Gasteiger partial charge in [0.2, 0.25) is 0 Å². The molecule has 4 rings (SSSR count). The van der Waals surface area contributed by atoms with Gasteiger partial charge in [-0.2, -0.15) is 0 Å². The lowest BCUT2D eigenvalue weighted by molar-refractivity contribution is 0.0711. The van der Waals surface area contributed by atoms with Crippen LogP contribution in [0.25, 0.3) is 11.0 Å². The van der Waals surface area contributed by atoms with Gasteiger partial charge in [0.25, 0.3) is 5.91 Å². The van der Waals surface area contributed by atoms with E-state index in [0.717, 1.165) is 35.6 Å². The Morgan fingerprint density at radius 3 is 3.04 bits per heavy atom. The molecule has 6 nitrogen and oxygen atoms in total. The Morgan fingerprint density at radius 2 is 2.19 bits per heavy atom. The second-order valence-electron chi connectivity index (χ2n) is 6.53. The van der Waals surface area contributed by atoms with E-state index in [1.165, 1.54) is 0 Å². The minimum absolute atomic E-state index is 0.0255. The number of H-pyrrole nitrogens is 1. The first-order valence-corrected chi connectivity index (χ1v) is 8.85. The highest BCUT2D eigenvalue weighted by molar-refractivity contribution is 6.05. The number of anilines is 1.